The summed E-state index contributed by atoms with van der Waals surface area (Å²) < 4.78 is 43.9. The number of aromatic nitrogens is 2. The monoisotopic (exact) mass is 840 g/mol. The second kappa shape index (κ2) is 23.8. The zero-order chi connectivity index (χ0) is 44.1. The van der Waals surface area contributed by atoms with Crippen LogP contribution in [0.3, 0.4) is 0 Å². The van der Waals surface area contributed by atoms with Crippen LogP contribution < -0.4 is 20.4 Å². The molecule has 0 atom stereocenters. The average Bonchev–Trinajstić information content (AvgIpc) is 3.21. The zero-order valence-corrected chi connectivity index (χ0v) is 32.9. The standard InChI is InChI=1S/2C18H20N4O5.H2O4S/c2*1-3-27-17(23)9-11-21(16-6-4-5-10-20-16)18(24)13-7-8-14(19-2)15(12-13)22(25)26;1-5(2,3)4/h2*4-8,10,12,19H,3,9,11H2,1-2H3;(H2,1,2,3,4)/p-2. The summed E-state index contributed by atoms with van der Waals surface area (Å²) in [6, 6.07) is 18.4. The van der Waals surface area contributed by atoms with Crippen molar-refractivity contribution in [3.8, 4) is 0 Å². The van der Waals surface area contributed by atoms with Gasteiger partial charge in [0, 0.05) is 73.2 Å². The number of ether oxygens (including phenoxy) is 2. The van der Waals surface area contributed by atoms with Gasteiger partial charge in [0.25, 0.3) is 23.2 Å². The zero-order valence-electron chi connectivity index (χ0n) is 32.1. The molecule has 0 aliphatic rings. The van der Waals surface area contributed by atoms with Crippen molar-refractivity contribution in [1.29, 1.82) is 0 Å². The molecule has 2 aromatic heterocycles. The topological polar surface area (TPSA) is 310 Å². The molecule has 0 bridgehead atoms. The van der Waals surface area contributed by atoms with Gasteiger partial charge in [-0.15, -0.1) is 0 Å². The van der Waals surface area contributed by atoms with Crippen LogP contribution in [-0.4, -0.2) is 101 Å². The molecular weight excluding hydrogens is 801 g/mol. The van der Waals surface area contributed by atoms with Crippen molar-refractivity contribution < 1.29 is 56.0 Å². The van der Waals surface area contributed by atoms with E-state index in [1.807, 2.05) is 0 Å². The van der Waals surface area contributed by atoms with Gasteiger partial charge in [0.05, 0.1) is 35.9 Å². The Balaban J connectivity index is 0.000000365. The lowest BCUT2D eigenvalue weighted by Gasteiger charge is -2.21. The third-order valence-electron chi connectivity index (χ3n) is 7.45. The number of rotatable bonds is 16. The first-order valence-electron chi connectivity index (χ1n) is 17.3. The molecule has 4 rings (SSSR count). The summed E-state index contributed by atoms with van der Waals surface area (Å²) in [5, 5.41) is 27.9. The molecule has 2 heterocycles. The molecule has 0 fully saturated rings. The number of carbonyl (C=O) groups is 4. The number of nitrogens with zero attached hydrogens (tertiary/aromatic N) is 6. The average molecular weight is 841 g/mol. The number of hydrogen-bond donors (Lipinski definition) is 2. The molecule has 4 aromatic rings. The van der Waals surface area contributed by atoms with Crippen LogP contribution in [-0.2, 0) is 29.5 Å². The second-order valence-corrected chi connectivity index (χ2v) is 12.1. The summed E-state index contributed by atoms with van der Waals surface area (Å²) in [4.78, 5) is 81.6. The molecule has 0 radical (unpaired) electrons. The third kappa shape index (κ3) is 16.1. The highest BCUT2D eigenvalue weighted by Crippen LogP contribution is 2.28. The molecule has 316 valence electrons. The predicted octanol–water partition coefficient (Wildman–Crippen LogP) is 3.93. The molecule has 2 amide bonds. The molecule has 0 aliphatic heterocycles. The molecule has 23 heteroatoms. The van der Waals surface area contributed by atoms with Gasteiger partial charge < -0.3 is 29.2 Å². The van der Waals surface area contributed by atoms with Crippen LogP contribution in [0.5, 0.6) is 0 Å². The quantitative estimate of drug-likeness (QED) is 0.0531. The van der Waals surface area contributed by atoms with Gasteiger partial charge in [0.2, 0.25) is 0 Å². The number of nitro groups is 2. The Kier molecular flexibility index (Phi) is 19.4. The van der Waals surface area contributed by atoms with Gasteiger partial charge in [0.1, 0.15) is 23.0 Å². The van der Waals surface area contributed by atoms with E-state index < -0.39 is 44.0 Å². The van der Waals surface area contributed by atoms with E-state index in [0.29, 0.717) is 23.0 Å². The van der Waals surface area contributed by atoms with Crippen LogP contribution in [0.25, 0.3) is 0 Å². The summed E-state index contributed by atoms with van der Waals surface area (Å²) in [5.74, 6) is -1.20. The maximum atomic E-state index is 13.0. The number of nitro benzene ring substituents is 2. The molecule has 0 unspecified atom stereocenters. The van der Waals surface area contributed by atoms with E-state index in [9.17, 15) is 39.4 Å². The summed E-state index contributed by atoms with van der Waals surface area (Å²) in [5.41, 5.74) is 0.412. The Labute approximate surface area is 338 Å². The molecule has 0 saturated heterocycles. The Hall–Kier alpha value is -7.11. The number of benzene rings is 2. The second-order valence-electron chi connectivity index (χ2n) is 11.3. The SMILES string of the molecule is CCOC(=O)CCN(C(=O)c1ccc(NC)c([N+](=O)[O-])c1)c1ccccn1.CCOC(=O)CCN(C(=O)c1ccc(NC)c([N+](=O)[O-])c1)c1ccccn1.O=S(=O)([O-])[O-]. The third-order valence-corrected chi connectivity index (χ3v) is 7.45. The van der Waals surface area contributed by atoms with E-state index in [4.69, 9.17) is 27.0 Å². The minimum atomic E-state index is -5.17. The largest absolute Gasteiger partial charge is 0.759 e. The molecule has 2 N–H and O–H groups in total. The number of nitrogens with one attached hydrogen (secondary N) is 2. The van der Waals surface area contributed by atoms with Gasteiger partial charge >= 0.3 is 11.9 Å². The first kappa shape index (κ1) is 48.0. The number of esters is 2. The van der Waals surface area contributed by atoms with Crippen molar-refractivity contribution in [3.63, 3.8) is 0 Å². The highest BCUT2D eigenvalue weighted by Gasteiger charge is 2.25. The van der Waals surface area contributed by atoms with E-state index >= 15 is 0 Å². The maximum absolute atomic E-state index is 13.0. The van der Waals surface area contributed by atoms with Crippen molar-refractivity contribution in [2.24, 2.45) is 0 Å². The van der Waals surface area contributed by atoms with Gasteiger partial charge in [-0.25, -0.2) is 9.97 Å². The fourth-order valence-corrected chi connectivity index (χ4v) is 4.91. The normalized spacial score (nSPS) is 10.3. The Bertz CT molecular complexity index is 2030. The fraction of sp³-hybridized carbons (Fsp3) is 0.278. The Morgan fingerprint density at radius 2 is 1.02 bits per heavy atom. The minimum Gasteiger partial charge on any atom is -0.759 e. The summed E-state index contributed by atoms with van der Waals surface area (Å²) in [7, 11) is -2.05. The van der Waals surface area contributed by atoms with E-state index in [1.54, 1.807) is 64.3 Å². The summed E-state index contributed by atoms with van der Waals surface area (Å²) >= 11 is 0. The highest BCUT2D eigenvalue weighted by atomic mass is 32.3. The van der Waals surface area contributed by atoms with E-state index in [2.05, 4.69) is 20.6 Å². The first-order chi connectivity index (χ1) is 27.9. The van der Waals surface area contributed by atoms with Crippen molar-refractivity contribution in [3.05, 3.63) is 117 Å². The van der Waals surface area contributed by atoms with Crippen molar-refractivity contribution in [1.82, 2.24) is 9.97 Å². The minimum absolute atomic E-state index is 0.0210. The van der Waals surface area contributed by atoms with Crippen LogP contribution in [0.15, 0.2) is 85.2 Å². The van der Waals surface area contributed by atoms with Crippen LogP contribution in [0.2, 0.25) is 0 Å². The van der Waals surface area contributed by atoms with Crippen molar-refractivity contribution in [2.75, 3.05) is 60.8 Å². The molecule has 0 aliphatic carbocycles. The van der Waals surface area contributed by atoms with E-state index in [1.165, 1.54) is 58.6 Å². The van der Waals surface area contributed by atoms with Crippen molar-refractivity contribution in [2.45, 2.75) is 26.7 Å². The van der Waals surface area contributed by atoms with Gasteiger partial charge in [-0.1, -0.05) is 12.1 Å². The van der Waals surface area contributed by atoms with Gasteiger partial charge in [-0.2, -0.15) is 0 Å². The summed E-state index contributed by atoms with van der Waals surface area (Å²) in [6.45, 7) is 3.96. The van der Waals surface area contributed by atoms with E-state index in [0.717, 1.165) is 0 Å². The number of anilines is 4. The molecule has 59 heavy (non-hydrogen) atoms. The van der Waals surface area contributed by atoms with E-state index in [-0.39, 0.29) is 61.6 Å². The van der Waals surface area contributed by atoms with Crippen LogP contribution in [0, 0.1) is 20.2 Å². The van der Waals surface area contributed by atoms with Crippen LogP contribution >= 0.6 is 0 Å². The lowest BCUT2D eigenvalue weighted by molar-refractivity contribution is -0.384. The number of hydrogen-bond acceptors (Lipinski definition) is 18. The fourth-order valence-electron chi connectivity index (χ4n) is 4.91. The predicted molar refractivity (Wildman–Crippen MR) is 210 cm³/mol. The van der Waals surface area contributed by atoms with Gasteiger partial charge in [0.15, 0.2) is 0 Å². The maximum Gasteiger partial charge on any atom is 0.307 e. The molecular formula is C36H40N8O14S-2. The lowest BCUT2D eigenvalue weighted by Crippen LogP contribution is -2.34. The molecule has 22 nitrogen and oxygen atoms in total. The number of amides is 2. The number of pyridine rings is 2. The Morgan fingerprint density at radius 3 is 1.29 bits per heavy atom. The Morgan fingerprint density at radius 1 is 0.661 bits per heavy atom. The highest BCUT2D eigenvalue weighted by molar-refractivity contribution is 7.79. The van der Waals surface area contributed by atoms with Gasteiger partial charge in [-0.05, 0) is 62.4 Å². The summed E-state index contributed by atoms with van der Waals surface area (Å²) in [6.07, 6.45) is 3.00. The smallest absolute Gasteiger partial charge is 0.307 e. The van der Waals surface area contributed by atoms with Gasteiger partial charge in [-0.3, -0.25) is 57.6 Å². The number of carbonyl (C=O) groups excluding carboxylic acids is 4. The first-order valence-corrected chi connectivity index (χ1v) is 18.6. The van der Waals surface area contributed by atoms with Crippen LogP contribution in [0.4, 0.5) is 34.4 Å². The molecule has 0 saturated carbocycles. The molecule has 2 aromatic carbocycles. The van der Waals surface area contributed by atoms with Crippen molar-refractivity contribution >= 4 is 68.5 Å². The lowest BCUT2D eigenvalue weighted by atomic mass is 10.1. The molecule has 0 spiro atoms. The van der Waals surface area contributed by atoms with Crippen LogP contribution in [0.1, 0.15) is 47.4 Å².